The van der Waals surface area contributed by atoms with E-state index < -0.39 is 10.0 Å². The van der Waals surface area contributed by atoms with E-state index in [9.17, 15) is 13.2 Å². The van der Waals surface area contributed by atoms with Crippen molar-refractivity contribution in [2.24, 2.45) is 5.14 Å². The van der Waals surface area contributed by atoms with Crippen LogP contribution in [0.5, 0.6) is 0 Å². The second-order valence-electron chi connectivity index (χ2n) is 10.8. The number of nitrogens with zero attached hydrogens (tertiary/aromatic N) is 7. The lowest BCUT2D eigenvalue weighted by Gasteiger charge is -2.08. The standard InChI is InChI=1S/C20H18N6O2S.C15H17N3O/c1-14-18(13-23-26(14)16-5-3-2-4-6-16)19-11-12-22-20(25-19)24-15-7-9-17(10-8-15)29(21,27)28;1-12-13(9-10-15(19)17(2)3)11-16-18(12)14-7-5-4-6-8-14/h2-13H,1H3,(H2,21,27,28)(H,22,24,25);4-11H,1-3H3. The van der Waals surface area contributed by atoms with Gasteiger partial charge in [0.15, 0.2) is 0 Å². The van der Waals surface area contributed by atoms with Gasteiger partial charge in [-0.05, 0) is 74.5 Å². The quantitative estimate of drug-likeness (QED) is 0.208. The molecular weight excluding hydrogens is 627 g/mol. The van der Waals surface area contributed by atoms with Gasteiger partial charge in [-0.15, -0.1) is 0 Å². The number of rotatable bonds is 8. The van der Waals surface area contributed by atoms with Crippen LogP contribution in [-0.2, 0) is 14.8 Å². The first-order chi connectivity index (χ1) is 23.0. The summed E-state index contributed by atoms with van der Waals surface area (Å²) in [5, 5.41) is 17.0. The third-order valence-corrected chi connectivity index (χ3v) is 8.21. The van der Waals surface area contributed by atoms with Crippen LogP contribution in [0.15, 0.2) is 121 Å². The zero-order valence-electron chi connectivity index (χ0n) is 26.9. The molecule has 0 spiro atoms. The summed E-state index contributed by atoms with van der Waals surface area (Å²) >= 11 is 0. The monoisotopic (exact) mass is 661 g/mol. The normalized spacial score (nSPS) is 11.2. The number of para-hydroxylation sites is 2. The molecule has 0 aliphatic heterocycles. The van der Waals surface area contributed by atoms with Crippen LogP contribution in [0.2, 0.25) is 0 Å². The van der Waals surface area contributed by atoms with Crippen molar-refractivity contribution in [3.63, 3.8) is 0 Å². The number of carbonyl (C=O) groups excluding carboxylic acids is 1. The van der Waals surface area contributed by atoms with E-state index in [1.165, 1.54) is 17.0 Å². The Bertz CT molecular complexity index is 2140. The molecule has 0 saturated carbocycles. The van der Waals surface area contributed by atoms with E-state index in [-0.39, 0.29) is 10.8 Å². The Balaban J connectivity index is 0.000000206. The maximum absolute atomic E-state index is 11.5. The van der Waals surface area contributed by atoms with Gasteiger partial charge in [0.1, 0.15) is 0 Å². The number of nitrogens with one attached hydrogen (secondary N) is 1. The number of likely N-dealkylation sites (N-methyl/N-ethyl adjacent to an activating group) is 1. The second kappa shape index (κ2) is 14.7. The predicted molar refractivity (Wildman–Crippen MR) is 186 cm³/mol. The fourth-order valence-corrected chi connectivity index (χ4v) is 5.16. The van der Waals surface area contributed by atoms with Gasteiger partial charge in [0.25, 0.3) is 0 Å². The van der Waals surface area contributed by atoms with Gasteiger partial charge < -0.3 is 10.2 Å². The molecule has 0 radical (unpaired) electrons. The summed E-state index contributed by atoms with van der Waals surface area (Å²) in [5.41, 5.74) is 7.15. The van der Waals surface area contributed by atoms with Crippen molar-refractivity contribution in [1.82, 2.24) is 34.4 Å². The summed E-state index contributed by atoms with van der Waals surface area (Å²) in [6, 6.07) is 27.7. The minimum atomic E-state index is -3.73. The van der Waals surface area contributed by atoms with E-state index in [2.05, 4.69) is 25.5 Å². The van der Waals surface area contributed by atoms with Crippen LogP contribution < -0.4 is 10.5 Å². The summed E-state index contributed by atoms with van der Waals surface area (Å²) in [6.07, 6.45) is 8.54. The highest BCUT2D eigenvalue weighted by molar-refractivity contribution is 7.89. The number of carbonyl (C=O) groups is 1. The van der Waals surface area contributed by atoms with Crippen LogP contribution in [0, 0.1) is 13.8 Å². The first kappa shape index (κ1) is 33.4. The zero-order chi connectivity index (χ0) is 34.3. The topological polar surface area (TPSA) is 154 Å². The number of sulfonamides is 1. The maximum Gasteiger partial charge on any atom is 0.246 e. The van der Waals surface area contributed by atoms with Crippen LogP contribution in [-0.4, -0.2) is 62.8 Å². The summed E-state index contributed by atoms with van der Waals surface area (Å²) < 4.78 is 26.4. The summed E-state index contributed by atoms with van der Waals surface area (Å²) in [6.45, 7) is 3.97. The Morgan fingerprint density at radius 2 is 1.40 bits per heavy atom. The van der Waals surface area contributed by atoms with Gasteiger partial charge in [-0.2, -0.15) is 10.2 Å². The summed E-state index contributed by atoms with van der Waals surface area (Å²) in [7, 11) is -0.271. The average molecular weight is 662 g/mol. The molecule has 0 atom stereocenters. The third-order valence-electron chi connectivity index (χ3n) is 7.28. The van der Waals surface area contributed by atoms with E-state index >= 15 is 0 Å². The van der Waals surface area contributed by atoms with Gasteiger partial charge in [0.2, 0.25) is 21.9 Å². The lowest BCUT2D eigenvalue weighted by molar-refractivity contribution is -0.123. The minimum Gasteiger partial charge on any atom is -0.345 e. The van der Waals surface area contributed by atoms with Crippen molar-refractivity contribution in [2.75, 3.05) is 19.4 Å². The highest BCUT2D eigenvalue weighted by Gasteiger charge is 2.13. The lowest BCUT2D eigenvalue weighted by Crippen LogP contribution is -2.18. The minimum absolute atomic E-state index is 0.0353. The largest absolute Gasteiger partial charge is 0.345 e. The molecule has 3 aromatic carbocycles. The van der Waals surface area contributed by atoms with Gasteiger partial charge in [0.05, 0.1) is 40.1 Å². The fourth-order valence-electron chi connectivity index (χ4n) is 4.64. The number of primary sulfonamides is 1. The molecule has 1 amide bonds. The van der Waals surface area contributed by atoms with E-state index in [1.807, 2.05) is 89.9 Å². The molecule has 3 heterocycles. The van der Waals surface area contributed by atoms with Crippen molar-refractivity contribution in [2.45, 2.75) is 18.7 Å². The molecule has 12 nitrogen and oxygen atoms in total. The molecule has 3 N–H and O–H groups in total. The SMILES string of the molecule is Cc1c(-c2ccnc(Nc3ccc(S(N)(=O)=O)cc3)n2)cnn1-c1ccccc1.Cc1c(C=CC(=O)N(C)C)cnn1-c1ccccc1. The molecule has 0 unspecified atom stereocenters. The Hall–Kier alpha value is -5.92. The Morgan fingerprint density at radius 3 is 1.98 bits per heavy atom. The van der Waals surface area contributed by atoms with Gasteiger partial charge in [0, 0.05) is 48.9 Å². The van der Waals surface area contributed by atoms with E-state index in [1.54, 1.807) is 57.0 Å². The van der Waals surface area contributed by atoms with Crippen LogP contribution in [0.4, 0.5) is 11.6 Å². The molecule has 0 fully saturated rings. The number of benzene rings is 3. The zero-order valence-corrected chi connectivity index (χ0v) is 27.7. The first-order valence-corrected chi connectivity index (χ1v) is 16.4. The number of hydrogen-bond donors (Lipinski definition) is 2. The third kappa shape index (κ3) is 8.07. The summed E-state index contributed by atoms with van der Waals surface area (Å²) in [4.78, 5) is 21.9. The van der Waals surface area contributed by atoms with Crippen molar-refractivity contribution < 1.29 is 13.2 Å². The highest BCUT2D eigenvalue weighted by Crippen LogP contribution is 2.25. The smallest absolute Gasteiger partial charge is 0.246 e. The fraction of sp³-hybridized carbons (Fsp3) is 0.114. The first-order valence-electron chi connectivity index (χ1n) is 14.8. The van der Waals surface area contributed by atoms with Crippen LogP contribution in [0.3, 0.4) is 0 Å². The van der Waals surface area contributed by atoms with Crippen LogP contribution in [0.25, 0.3) is 28.7 Å². The average Bonchev–Trinajstić information content (AvgIpc) is 3.66. The molecule has 0 bridgehead atoms. The number of amides is 1. The number of hydrogen-bond acceptors (Lipinski definition) is 8. The molecular formula is C35H35N9O3S. The van der Waals surface area contributed by atoms with Gasteiger partial charge in [-0.1, -0.05) is 36.4 Å². The number of nitrogens with two attached hydrogens (primary N) is 1. The van der Waals surface area contributed by atoms with Crippen molar-refractivity contribution in [1.29, 1.82) is 0 Å². The van der Waals surface area contributed by atoms with Crippen molar-refractivity contribution >= 4 is 33.6 Å². The lowest BCUT2D eigenvalue weighted by atomic mass is 10.2. The molecule has 13 heteroatoms. The highest BCUT2D eigenvalue weighted by atomic mass is 32.2. The molecule has 0 aliphatic rings. The number of anilines is 2. The Morgan fingerprint density at radius 1 is 0.812 bits per heavy atom. The molecule has 6 aromatic rings. The van der Waals surface area contributed by atoms with Crippen molar-refractivity contribution in [3.05, 3.63) is 133 Å². The Labute approximate surface area is 279 Å². The van der Waals surface area contributed by atoms with Crippen LogP contribution in [0.1, 0.15) is 17.0 Å². The van der Waals surface area contributed by atoms with Crippen molar-refractivity contribution in [3.8, 4) is 22.6 Å². The summed E-state index contributed by atoms with van der Waals surface area (Å²) in [5.74, 6) is 0.351. The molecule has 48 heavy (non-hydrogen) atoms. The van der Waals surface area contributed by atoms with E-state index in [0.717, 1.165) is 39.6 Å². The van der Waals surface area contributed by atoms with E-state index in [4.69, 9.17) is 5.14 Å². The molecule has 244 valence electrons. The molecule has 3 aromatic heterocycles. The maximum atomic E-state index is 11.5. The Kier molecular flexibility index (Phi) is 10.2. The molecule has 6 rings (SSSR count). The van der Waals surface area contributed by atoms with Crippen LogP contribution >= 0.6 is 0 Å². The molecule has 0 saturated heterocycles. The van der Waals surface area contributed by atoms with Gasteiger partial charge in [-0.3, -0.25) is 4.79 Å². The van der Waals surface area contributed by atoms with E-state index in [0.29, 0.717) is 11.6 Å². The van der Waals surface area contributed by atoms with Gasteiger partial charge >= 0.3 is 0 Å². The van der Waals surface area contributed by atoms with Gasteiger partial charge in [-0.25, -0.2) is 32.9 Å². The number of aromatic nitrogens is 6. The molecule has 0 aliphatic carbocycles. The second-order valence-corrected chi connectivity index (χ2v) is 12.4. The predicted octanol–water partition coefficient (Wildman–Crippen LogP) is 5.31.